The van der Waals surface area contributed by atoms with Crippen LogP contribution in [0.15, 0.2) is 24.3 Å². The van der Waals surface area contributed by atoms with Gasteiger partial charge in [-0.1, -0.05) is 24.6 Å². The van der Waals surface area contributed by atoms with Crippen LogP contribution in [-0.4, -0.2) is 16.5 Å². The Balaban J connectivity index is 2.33. The average molecular weight is 285 g/mol. The van der Waals surface area contributed by atoms with E-state index in [0.29, 0.717) is 5.88 Å². The van der Waals surface area contributed by atoms with Gasteiger partial charge in [0.15, 0.2) is 0 Å². The minimum absolute atomic E-state index is 0.633. The number of rotatable bonds is 6. The monoisotopic (exact) mass is 285 g/mol. The van der Waals surface area contributed by atoms with Gasteiger partial charge in [0.05, 0.1) is 5.56 Å². The third-order valence-electron chi connectivity index (χ3n) is 3.20. The Morgan fingerprint density at radius 3 is 2.38 bits per heavy atom. The molecule has 0 aliphatic rings. The van der Waals surface area contributed by atoms with Gasteiger partial charge in [-0.3, -0.25) is 0 Å². The second kappa shape index (κ2) is 7.07. The summed E-state index contributed by atoms with van der Waals surface area (Å²) in [5.74, 6) is 3.11. The molecule has 0 radical (unpaired) electrons. The quantitative estimate of drug-likeness (QED) is 0.861. The van der Waals surface area contributed by atoms with Crippen molar-refractivity contribution in [2.24, 2.45) is 0 Å². The Morgan fingerprint density at radius 2 is 1.76 bits per heavy atom. The normalized spacial score (nSPS) is 10.5. The summed E-state index contributed by atoms with van der Waals surface area (Å²) in [6, 6.07) is 7.99. The van der Waals surface area contributed by atoms with Crippen LogP contribution in [-0.2, 0) is 6.42 Å². The van der Waals surface area contributed by atoms with E-state index in [4.69, 9.17) is 4.74 Å². The summed E-state index contributed by atoms with van der Waals surface area (Å²) >= 11 is 0. The van der Waals surface area contributed by atoms with Gasteiger partial charge in [0.25, 0.3) is 0 Å². The number of ether oxygens (including phenoxy) is 1. The predicted octanol–water partition coefficient (Wildman–Crippen LogP) is 4.27. The fourth-order valence-electron chi connectivity index (χ4n) is 2.03. The number of aromatic nitrogens is 2. The second-order valence-electron chi connectivity index (χ2n) is 5.11. The highest BCUT2D eigenvalue weighted by atomic mass is 16.5. The van der Waals surface area contributed by atoms with Gasteiger partial charge in [-0.25, -0.2) is 4.98 Å². The van der Waals surface area contributed by atoms with Crippen molar-refractivity contribution in [1.29, 1.82) is 0 Å². The standard InChI is InChI=1S/C17H23N3O/c1-5-7-15-19-16(18-6-2)13(4)17(20-15)21-14-10-8-12(3)9-11-14/h8-11H,5-7H2,1-4H3,(H,18,19,20). The molecule has 0 spiro atoms. The zero-order valence-electron chi connectivity index (χ0n) is 13.2. The van der Waals surface area contributed by atoms with E-state index < -0.39 is 0 Å². The van der Waals surface area contributed by atoms with Crippen molar-refractivity contribution in [1.82, 2.24) is 9.97 Å². The van der Waals surface area contributed by atoms with Gasteiger partial charge in [-0.2, -0.15) is 4.98 Å². The van der Waals surface area contributed by atoms with Gasteiger partial charge in [-0.15, -0.1) is 0 Å². The maximum absolute atomic E-state index is 5.95. The van der Waals surface area contributed by atoms with E-state index in [-0.39, 0.29) is 0 Å². The van der Waals surface area contributed by atoms with Crippen LogP contribution < -0.4 is 10.1 Å². The van der Waals surface area contributed by atoms with Crippen LogP contribution in [0.3, 0.4) is 0 Å². The summed E-state index contributed by atoms with van der Waals surface area (Å²) < 4.78 is 5.95. The predicted molar refractivity (Wildman–Crippen MR) is 86.2 cm³/mol. The molecule has 0 saturated heterocycles. The molecule has 1 N–H and O–H groups in total. The topological polar surface area (TPSA) is 47.0 Å². The summed E-state index contributed by atoms with van der Waals surface area (Å²) in [7, 11) is 0. The Hall–Kier alpha value is -2.10. The van der Waals surface area contributed by atoms with E-state index in [0.717, 1.165) is 42.3 Å². The fraction of sp³-hybridized carbons (Fsp3) is 0.412. The van der Waals surface area contributed by atoms with Crippen molar-refractivity contribution in [3.8, 4) is 11.6 Å². The molecule has 0 aliphatic heterocycles. The molecule has 4 heteroatoms. The number of hydrogen-bond donors (Lipinski definition) is 1. The number of hydrogen-bond acceptors (Lipinski definition) is 4. The number of nitrogens with zero attached hydrogens (tertiary/aromatic N) is 2. The molecule has 0 atom stereocenters. The van der Waals surface area contributed by atoms with E-state index in [1.54, 1.807) is 0 Å². The number of nitrogens with one attached hydrogen (secondary N) is 1. The third kappa shape index (κ3) is 3.94. The first kappa shape index (κ1) is 15.3. The highest BCUT2D eigenvalue weighted by molar-refractivity contribution is 5.49. The van der Waals surface area contributed by atoms with Gasteiger partial charge in [0.2, 0.25) is 5.88 Å². The average Bonchev–Trinajstić information content (AvgIpc) is 2.47. The lowest BCUT2D eigenvalue weighted by Crippen LogP contribution is -2.07. The molecule has 0 fully saturated rings. The van der Waals surface area contributed by atoms with Gasteiger partial charge >= 0.3 is 0 Å². The largest absolute Gasteiger partial charge is 0.439 e. The number of anilines is 1. The molecule has 1 heterocycles. The molecular formula is C17H23N3O. The van der Waals surface area contributed by atoms with Crippen LogP contribution in [0.4, 0.5) is 5.82 Å². The highest BCUT2D eigenvalue weighted by Gasteiger charge is 2.12. The molecule has 0 unspecified atom stereocenters. The Bertz CT molecular complexity index is 594. The van der Waals surface area contributed by atoms with Crippen molar-refractivity contribution in [3.05, 3.63) is 41.2 Å². The molecule has 21 heavy (non-hydrogen) atoms. The molecule has 0 bridgehead atoms. The first-order valence-electron chi connectivity index (χ1n) is 7.50. The van der Waals surface area contributed by atoms with Gasteiger partial charge in [0.1, 0.15) is 17.4 Å². The van der Waals surface area contributed by atoms with Crippen molar-refractivity contribution in [2.45, 2.75) is 40.5 Å². The molecule has 2 rings (SSSR count). The van der Waals surface area contributed by atoms with Crippen LogP contribution in [0.5, 0.6) is 11.6 Å². The Kier molecular flexibility index (Phi) is 5.14. The van der Waals surface area contributed by atoms with Crippen molar-refractivity contribution in [3.63, 3.8) is 0 Å². The molecule has 0 amide bonds. The SMILES string of the molecule is CCCc1nc(NCC)c(C)c(Oc2ccc(C)cc2)n1. The van der Waals surface area contributed by atoms with Crippen LogP contribution in [0, 0.1) is 13.8 Å². The summed E-state index contributed by atoms with van der Waals surface area (Å²) in [5, 5.41) is 3.28. The fourth-order valence-corrected chi connectivity index (χ4v) is 2.03. The van der Waals surface area contributed by atoms with E-state index in [1.807, 2.05) is 31.2 Å². The van der Waals surface area contributed by atoms with Gasteiger partial charge in [0, 0.05) is 13.0 Å². The van der Waals surface area contributed by atoms with Crippen LogP contribution in [0.25, 0.3) is 0 Å². The molecular weight excluding hydrogens is 262 g/mol. The second-order valence-corrected chi connectivity index (χ2v) is 5.11. The maximum atomic E-state index is 5.95. The molecule has 112 valence electrons. The van der Waals surface area contributed by atoms with E-state index in [9.17, 15) is 0 Å². The van der Waals surface area contributed by atoms with Crippen LogP contribution >= 0.6 is 0 Å². The molecule has 0 saturated carbocycles. The Morgan fingerprint density at radius 1 is 1.05 bits per heavy atom. The van der Waals surface area contributed by atoms with E-state index >= 15 is 0 Å². The van der Waals surface area contributed by atoms with Crippen LogP contribution in [0.2, 0.25) is 0 Å². The zero-order chi connectivity index (χ0) is 15.2. The molecule has 4 nitrogen and oxygen atoms in total. The first-order valence-corrected chi connectivity index (χ1v) is 7.50. The summed E-state index contributed by atoms with van der Waals surface area (Å²) in [6.45, 7) is 9.05. The summed E-state index contributed by atoms with van der Waals surface area (Å²) in [6.07, 6.45) is 1.86. The lowest BCUT2D eigenvalue weighted by Gasteiger charge is -2.13. The van der Waals surface area contributed by atoms with Crippen molar-refractivity contribution >= 4 is 5.82 Å². The summed E-state index contributed by atoms with van der Waals surface area (Å²) in [4.78, 5) is 9.12. The lowest BCUT2D eigenvalue weighted by molar-refractivity contribution is 0.454. The van der Waals surface area contributed by atoms with E-state index in [2.05, 4.69) is 36.1 Å². The van der Waals surface area contributed by atoms with E-state index in [1.165, 1.54) is 5.56 Å². The first-order chi connectivity index (χ1) is 10.1. The van der Waals surface area contributed by atoms with Crippen molar-refractivity contribution < 1.29 is 4.74 Å². The molecule has 2 aromatic rings. The lowest BCUT2D eigenvalue weighted by atomic mass is 10.2. The van der Waals surface area contributed by atoms with Crippen molar-refractivity contribution in [2.75, 3.05) is 11.9 Å². The minimum Gasteiger partial charge on any atom is -0.439 e. The number of benzene rings is 1. The zero-order valence-corrected chi connectivity index (χ0v) is 13.2. The molecule has 1 aromatic carbocycles. The molecule has 0 aliphatic carbocycles. The maximum Gasteiger partial charge on any atom is 0.227 e. The van der Waals surface area contributed by atoms with Gasteiger partial charge < -0.3 is 10.1 Å². The molecule has 1 aromatic heterocycles. The smallest absolute Gasteiger partial charge is 0.227 e. The Labute approximate surface area is 126 Å². The minimum atomic E-state index is 0.633. The number of aryl methyl sites for hydroxylation is 2. The van der Waals surface area contributed by atoms with Crippen LogP contribution in [0.1, 0.15) is 37.2 Å². The highest BCUT2D eigenvalue weighted by Crippen LogP contribution is 2.27. The third-order valence-corrected chi connectivity index (χ3v) is 3.20. The summed E-state index contributed by atoms with van der Waals surface area (Å²) in [5.41, 5.74) is 2.15. The van der Waals surface area contributed by atoms with Gasteiger partial charge in [-0.05, 0) is 39.3 Å².